The van der Waals surface area contributed by atoms with E-state index in [1.807, 2.05) is 6.92 Å². The number of rotatable bonds is 12. The van der Waals surface area contributed by atoms with Gasteiger partial charge in [0.05, 0.1) is 75.1 Å². The van der Waals surface area contributed by atoms with Crippen LogP contribution in [0.4, 0.5) is 0 Å². The van der Waals surface area contributed by atoms with E-state index in [9.17, 15) is 45.3 Å². The maximum absolute atomic E-state index is 12.9. The normalized spacial score (nSPS) is 45.9. The highest BCUT2D eigenvalue weighted by Crippen LogP contribution is 2.45. The molecule has 0 aromatic carbocycles. The molecule has 20 atom stereocenters. The Morgan fingerprint density at radius 2 is 1.07 bits per heavy atom. The minimum absolute atomic E-state index is 0.0102. The van der Waals surface area contributed by atoms with Crippen LogP contribution in [-0.2, 0) is 66.4 Å². The molecule has 4 saturated heterocycles. The van der Waals surface area contributed by atoms with Crippen molar-refractivity contribution in [2.45, 2.75) is 132 Å². The maximum atomic E-state index is 12.9. The van der Waals surface area contributed by atoms with Gasteiger partial charge in [0.2, 0.25) is 12.6 Å². The van der Waals surface area contributed by atoms with E-state index in [0.717, 1.165) is 6.26 Å². The highest BCUT2D eigenvalue weighted by molar-refractivity contribution is 5.89. The van der Waals surface area contributed by atoms with E-state index in [4.69, 9.17) is 56.8 Å². The molecule has 6 heterocycles. The van der Waals surface area contributed by atoms with E-state index >= 15 is 0 Å². The van der Waals surface area contributed by atoms with Gasteiger partial charge in [-0.2, -0.15) is 0 Å². The number of hydrogen-bond acceptors (Lipinski definition) is 21. The molecule has 7 N–H and O–H groups in total. The Kier molecular flexibility index (Phi) is 14.5. The van der Waals surface area contributed by atoms with Crippen LogP contribution in [0.1, 0.15) is 33.6 Å². The second-order valence-electron chi connectivity index (χ2n) is 14.8. The highest BCUT2D eigenvalue weighted by Gasteiger charge is 2.54. The fraction of sp³-hybridized carbons (Fsp3) is 0.833. The van der Waals surface area contributed by atoms with E-state index in [2.05, 4.69) is 0 Å². The van der Waals surface area contributed by atoms with Gasteiger partial charge in [-0.1, -0.05) is 0 Å². The number of ether oxygens (including phenoxy) is 12. The number of fused-ring (bicyclic) bond motifs is 2. The first-order valence-electron chi connectivity index (χ1n) is 19.0. The van der Waals surface area contributed by atoms with Gasteiger partial charge in [-0.25, -0.2) is 9.59 Å². The van der Waals surface area contributed by atoms with Crippen LogP contribution >= 0.6 is 0 Å². The fourth-order valence-electron chi connectivity index (χ4n) is 8.38. The van der Waals surface area contributed by atoms with Crippen LogP contribution in [0, 0.1) is 23.7 Å². The van der Waals surface area contributed by atoms with Crippen molar-refractivity contribution in [3.63, 3.8) is 0 Å². The molecule has 0 aliphatic carbocycles. The molecule has 0 aromatic rings. The topological polar surface area (TPSA) is 287 Å². The van der Waals surface area contributed by atoms with Gasteiger partial charge in [-0.3, -0.25) is 0 Å². The average Bonchev–Trinajstić information content (AvgIpc) is 3.20. The molecule has 4 fully saturated rings. The third-order valence-electron chi connectivity index (χ3n) is 11.4. The van der Waals surface area contributed by atoms with Crippen LogP contribution in [-0.4, -0.2) is 181 Å². The van der Waals surface area contributed by atoms with E-state index in [0.29, 0.717) is 6.61 Å². The maximum Gasteiger partial charge on any atom is 0.337 e. The lowest BCUT2D eigenvalue weighted by atomic mass is 9.77. The largest absolute Gasteiger partial charge is 0.471 e. The first kappa shape index (κ1) is 44.0. The summed E-state index contributed by atoms with van der Waals surface area (Å²) < 4.78 is 68.9. The van der Waals surface area contributed by atoms with E-state index in [-0.39, 0.29) is 24.0 Å². The van der Waals surface area contributed by atoms with Gasteiger partial charge in [-0.05, 0) is 20.8 Å². The number of aliphatic hydroxyl groups excluding tert-OH is 7. The fourth-order valence-corrected chi connectivity index (χ4v) is 8.38. The molecule has 0 spiro atoms. The second kappa shape index (κ2) is 18.8. The zero-order chi connectivity index (χ0) is 41.3. The molecule has 6 rings (SSSR count). The first-order chi connectivity index (χ1) is 27.2. The second-order valence-corrected chi connectivity index (χ2v) is 14.8. The summed E-state index contributed by atoms with van der Waals surface area (Å²) in [4.78, 5) is 25.5. The summed E-state index contributed by atoms with van der Waals surface area (Å²) in [7, 11) is 2.44. The molecule has 21 heteroatoms. The number of carbonyl (C=O) groups is 2. The van der Waals surface area contributed by atoms with Crippen molar-refractivity contribution in [3.8, 4) is 0 Å². The van der Waals surface area contributed by atoms with Crippen molar-refractivity contribution >= 4 is 11.9 Å². The number of carbonyl (C=O) groups excluding carboxylic acids is 2. The lowest BCUT2D eigenvalue weighted by molar-refractivity contribution is -0.362. The minimum atomic E-state index is -1.75. The van der Waals surface area contributed by atoms with E-state index in [1.54, 1.807) is 13.8 Å². The lowest BCUT2D eigenvalue weighted by Crippen LogP contribution is -2.61. The lowest BCUT2D eigenvalue weighted by Gasteiger charge is -2.48. The van der Waals surface area contributed by atoms with Crippen molar-refractivity contribution in [1.29, 1.82) is 0 Å². The standard InChI is InChI=1S/C36H54O21/c1-6-48-21-7-15-17(31(44)46-4)10-51-34(23(15)13(2)52-21)57-36-30(43)28(41)26(39)20(55-36)12-49-22-8-16-18(32(45)47-5)11-50-33(24(16)14(3)53-22)56-35-29(42)27(40)25(38)19(9-37)54-35/h10-11,13-16,19-30,33-43H,6-9,12H2,1-5H3/t13-,14-,15+,16+,19+,20+,21+,22+,23+,24+,25+,26+,27-,28-,29+,30+,33-,34-,35-,36-/m0/s1. The van der Waals surface area contributed by atoms with Gasteiger partial charge in [0, 0.05) is 31.3 Å². The molecule has 6 aliphatic heterocycles. The van der Waals surface area contributed by atoms with Crippen molar-refractivity contribution in [2.75, 3.05) is 34.0 Å². The zero-order valence-electron chi connectivity index (χ0n) is 32.1. The summed E-state index contributed by atoms with van der Waals surface area (Å²) in [6, 6.07) is 0. The van der Waals surface area contributed by atoms with Gasteiger partial charge < -0.3 is 92.6 Å². The van der Waals surface area contributed by atoms with Crippen LogP contribution < -0.4 is 0 Å². The number of aliphatic hydroxyl groups is 7. The Hall–Kier alpha value is -2.58. The summed E-state index contributed by atoms with van der Waals surface area (Å²) in [5, 5.41) is 73.4. The highest BCUT2D eigenvalue weighted by atomic mass is 16.8. The monoisotopic (exact) mass is 822 g/mol. The summed E-state index contributed by atoms with van der Waals surface area (Å²) >= 11 is 0. The molecule has 57 heavy (non-hydrogen) atoms. The minimum Gasteiger partial charge on any atom is -0.471 e. The first-order valence-corrected chi connectivity index (χ1v) is 19.0. The SMILES string of the molecule is CCO[C@H]1C[C@@H]2C(C(=O)OC)=CO[C@@H](O[C@@H]3O[C@H](CO[C@H]4C[C@@H]5C(C(=O)OC)=CO[C@@H](O[C@@H]6O[C@H](CO)[C@@H](O)[C@H](O)[C@H]6O)[C@@H]5[C@H](C)O4)[C@@H](O)[C@H](O)[C@H]3O)[C@@H]2[C@H](C)O1. The Bertz CT molecular complexity index is 1440. The van der Waals surface area contributed by atoms with Crippen LogP contribution in [0.5, 0.6) is 0 Å². The Morgan fingerprint density at radius 1 is 0.632 bits per heavy atom. The van der Waals surface area contributed by atoms with Gasteiger partial charge in [0.25, 0.3) is 0 Å². The van der Waals surface area contributed by atoms with Gasteiger partial charge in [-0.15, -0.1) is 0 Å². The van der Waals surface area contributed by atoms with Crippen molar-refractivity contribution in [1.82, 2.24) is 0 Å². The molecular weight excluding hydrogens is 768 g/mol. The van der Waals surface area contributed by atoms with Crippen molar-refractivity contribution in [3.05, 3.63) is 23.7 Å². The third-order valence-corrected chi connectivity index (χ3v) is 11.4. The van der Waals surface area contributed by atoms with Crippen LogP contribution in [0.15, 0.2) is 23.7 Å². The quantitative estimate of drug-likeness (QED) is 0.0982. The van der Waals surface area contributed by atoms with Crippen LogP contribution in [0.3, 0.4) is 0 Å². The third kappa shape index (κ3) is 8.98. The predicted molar refractivity (Wildman–Crippen MR) is 182 cm³/mol. The van der Waals surface area contributed by atoms with Gasteiger partial charge in [0.15, 0.2) is 25.2 Å². The molecule has 0 saturated carbocycles. The zero-order valence-corrected chi connectivity index (χ0v) is 32.1. The summed E-state index contributed by atoms with van der Waals surface area (Å²) in [6.45, 7) is 4.53. The smallest absolute Gasteiger partial charge is 0.337 e. The molecule has 0 aromatic heterocycles. The number of hydrogen-bond donors (Lipinski definition) is 7. The van der Waals surface area contributed by atoms with Gasteiger partial charge >= 0.3 is 11.9 Å². The van der Waals surface area contributed by atoms with Crippen LogP contribution in [0.25, 0.3) is 0 Å². The Balaban J connectivity index is 1.13. The van der Waals surface area contributed by atoms with E-state index in [1.165, 1.54) is 20.5 Å². The molecule has 0 amide bonds. The molecule has 6 aliphatic rings. The van der Waals surface area contributed by atoms with Crippen molar-refractivity contribution in [2.24, 2.45) is 23.7 Å². The van der Waals surface area contributed by atoms with Gasteiger partial charge in [0.1, 0.15) is 48.8 Å². The molecule has 21 nitrogen and oxygen atoms in total. The predicted octanol–water partition coefficient (Wildman–Crippen LogP) is -2.76. The van der Waals surface area contributed by atoms with E-state index < -0.39 is 148 Å². The Morgan fingerprint density at radius 3 is 1.51 bits per heavy atom. The summed E-state index contributed by atoms with van der Waals surface area (Å²) in [5.74, 6) is -3.85. The summed E-state index contributed by atoms with van der Waals surface area (Å²) in [5.41, 5.74) is 0.365. The molecule has 0 unspecified atom stereocenters. The van der Waals surface area contributed by atoms with Crippen molar-refractivity contribution < 1.29 is 102 Å². The molecule has 0 bridgehead atoms. The Labute approximate surface area is 327 Å². The molecular formula is C36H54O21. The van der Waals surface area contributed by atoms with Crippen LogP contribution in [0.2, 0.25) is 0 Å². The number of esters is 2. The molecule has 324 valence electrons. The summed E-state index contributed by atoms with van der Waals surface area (Å²) in [6.07, 6.45) is -18.5. The number of methoxy groups -OCH3 is 2. The average molecular weight is 823 g/mol. The molecule has 0 radical (unpaired) electrons.